The van der Waals surface area contributed by atoms with E-state index in [-0.39, 0.29) is 10.8 Å². The SMILES string of the molecule is O[Si](O)(CS)O[Si](O)(O)CS. The highest BCUT2D eigenvalue weighted by Gasteiger charge is 2.43. The van der Waals surface area contributed by atoms with Gasteiger partial charge in [0.2, 0.25) is 0 Å². The highest BCUT2D eigenvalue weighted by Crippen LogP contribution is 2.06. The van der Waals surface area contributed by atoms with Crippen LogP contribution in [0, 0.1) is 0 Å². The summed E-state index contributed by atoms with van der Waals surface area (Å²) in [7, 11) is -7.91. The maximum atomic E-state index is 8.87. The Labute approximate surface area is 77.2 Å². The molecule has 0 rings (SSSR count). The average molecular weight is 234 g/mol. The minimum absolute atomic E-state index is 0.309. The van der Waals surface area contributed by atoms with Gasteiger partial charge in [0.05, 0.1) is 10.8 Å². The molecule has 0 amide bonds. The average Bonchev–Trinajstić information content (AvgIpc) is 1.86. The van der Waals surface area contributed by atoms with Crippen molar-refractivity contribution in [2.45, 2.75) is 0 Å². The van der Waals surface area contributed by atoms with Crippen molar-refractivity contribution in [2.75, 3.05) is 10.8 Å². The summed E-state index contributed by atoms with van der Waals surface area (Å²) in [4.78, 5) is 35.5. The fraction of sp³-hybridized carbons (Fsp3) is 1.00. The van der Waals surface area contributed by atoms with Gasteiger partial charge in [-0.2, -0.15) is 25.3 Å². The summed E-state index contributed by atoms with van der Waals surface area (Å²) in [6.45, 7) is 0. The van der Waals surface area contributed by atoms with Crippen LogP contribution in [0.5, 0.6) is 0 Å². The summed E-state index contributed by atoms with van der Waals surface area (Å²) in [6.07, 6.45) is 0. The van der Waals surface area contributed by atoms with Gasteiger partial charge in [0.15, 0.2) is 0 Å². The molecule has 0 aliphatic carbocycles. The van der Waals surface area contributed by atoms with Gasteiger partial charge in [-0.1, -0.05) is 0 Å². The van der Waals surface area contributed by atoms with Gasteiger partial charge >= 0.3 is 17.6 Å². The predicted molar refractivity (Wildman–Crippen MR) is 49.2 cm³/mol. The van der Waals surface area contributed by atoms with E-state index in [4.69, 9.17) is 19.2 Å². The van der Waals surface area contributed by atoms with E-state index in [1.807, 2.05) is 0 Å². The second kappa shape index (κ2) is 4.25. The third kappa shape index (κ3) is 5.22. The molecule has 11 heavy (non-hydrogen) atoms. The summed E-state index contributed by atoms with van der Waals surface area (Å²) in [5.74, 6) is 0. The van der Waals surface area contributed by atoms with Crippen LogP contribution in [0.15, 0.2) is 0 Å². The zero-order valence-electron chi connectivity index (χ0n) is 5.51. The normalized spacial score (nSPS) is 13.6. The number of hydrogen-bond acceptors (Lipinski definition) is 7. The fourth-order valence-electron chi connectivity index (χ4n) is 0.326. The second-order valence-corrected chi connectivity index (χ2v) is 8.22. The van der Waals surface area contributed by atoms with Gasteiger partial charge in [0.25, 0.3) is 0 Å². The second-order valence-electron chi connectivity index (χ2n) is 1.90. The molecular weight excluding hydrogens is 224 g/mol. The molecule has 0 fully saturated rings. The van der Waals surface area contributed by atoms with Crippen LogP contribution in [0.25, 0.3) is 0 Å². The van der Waals surface area contributed by atoms with Crippen LogP contribution in [0.4, 0.5) is 0 Å². The Morgan fingerprint density at radius 2 is 1.18 bits per heavy atom. The smallest absolute Gasteiger partial charge is 0.390 e. The molecule has 0 spiro atoms. The van der Waals surface area contributed by atoms with Gasteiger partial charge in [-0.15, -0.1) is 0 Å². The Morgan fingerprint density at radius 1 is 0.909 bits per heavy atom. The summed E-state index contributed by atoms with van der Waals surface area (Å²) >= 11 is 7.13. The molecule has 0 aromatic carbocycles. The lowest BCUT2D eigenvalue weighted by Crippen LogP contribution is -2.55. The molecule has 0 aromatic rings. The molecule has 4 N–H and O–H groups in total. The van der Waals surface area contributed by atoms with E-state index in [9.17, 15) is 0 Å². The molecule has 0 aromatic heterocycles. The highest BCUT2D eigenvalue weighted by molar-refractivity contribution is 7.82. The first kappa shape index (κ1) is 11.9. The molecular formula is C2H10O5S2Si2. The molecule has 68 valence electrons. The number of thiol groups is 2. The van der Waals surface area contributed by atoms with E-state index in [0.717, 1.165) is 0 Å². The molecule has 0 atom stereocenters. The molecule has 9 heteroatoms. The van der Waals surface area contributed by atoms with Gasteiger partial charge < -0.3 is 23.3 Å². The van der Waals surface area contributed by atoms with E-state index < -0.39 is 17.6 Å². The Hall–Kier alpha value is 0.934. The molecule has 0 saturated heterocycles. The largest absolute Gasteiger partial charge is 0.498 e. The lowest BCUT2D eigenvalue weighted by Gasteiger charge is -2.22. The molecule has 0 aliphatic heterocycles. The summed E-state index contributed by atoms with van der Waals surface area (Å²) < 4.78 is 4.27. The van der Waals surface area contributed by atoms with Crippen LogP contribution >= 0.6 is 25.3 Å². The first-order valence-corrected chi connectivity index (χ1v) is 7.93. The Kier molecular flexibility index (Phi) is 4.61. The third-order valence-corrected chi connectivity index (χ3v) is 6.65. The van der Waals surface area contributed by atoms with Crippen LogP contribution < -0.4 is 0 Å². The van der Waals surface area contributed by atoms with E-state index >= 15 is 0 Å². The summed E-state index contributed by atoms with van der Waals surface area (Å²) in [5, 5.41) is -0.618. The third-order valence-electron chi connectivity index (χ3n) is 0.739. The maximum absolute atomic E-state index is 8.87. The lowest BCUT2D eigenvalue weighted by atomic mass is 11.9. The topological polar surface area (TPSA) is 90.2 Å². The van der Waals surface area contributed by atoms with Crippen molar-refractivity contribution in [1.82, 2.24) is 0 Å². The Morgan fingerprint density at radius 3 is 1.36 bits per heavy atom. The van der Waals surface area contributed by atoms with E-state index in [0.29, 0.717) is 0 Å². The first-order valence-electron chi connectivity index (χ1n) is 2.64. The van der Waals surface area contributed by atoms with Crippen molar-refractivity contribution in [1.29, 1.82) is 0 Å². The lowest BCUT2D eigenvalue weighted by molar-refractivity contribution is 0.165. The van der Waals surface area contributed by atoms with Gasteiger partial charge in [0.1, 0.15) is 0 Å². The van der Waals surface area contributed by atoms with Gasteiger partial charge in [-0.3, -0.25) is 0 Å². The van der Waals surface area contributed by atoms with Crippen molar-refractivity contribution in [3.63, 3.8) is 0 Å². The molecule has 0 unspecified atom stereocenters. The highest BCUT2D eigenvalue weighted by atomic mass is 32.1. The molecule has 0 saturated carbocycles. The van der Waals surface area contributed by atoms with E-state index in [2.05, 4.69) is 29.4 Å². The van der Waals surface area contributed by atoms with Crippen LogP contribution in [0.2, 0.25) is 0 Å². The number of rotatable bonds is 4. The molecule has 0 radical (unpaired) electrons. The molecule has 0 bridgehead atoms. The predicted octanol–water partition coefficient (Wildman–Crippen LogP) is -2.21. The Bertz CT molecular complexity index is 116. The van der Waals surface area contributed by atoms with Crippen molar-refractivity contribution in [3.05, 3.63) is 0 Å². The van der Waals surface area contributed by atoms with Crippen molar-refractivity contribution >= 4 is 42.9 Å². The van der Waals surface area contributed by atoms with Crippen molar-refractivity contribution < 1.29 is 23.3 Å². The van der Waals surface area contributed by atoms with Gasteiger partial charge in [0, 0.05) is 0 Å². The van der Waals surface area contributed by atoms with Crippen molar-refractivity contribution in [2.24, 2.45) is 0 Å². The van der Waals surface area contributed by atoms with Crippen LogP contribution in [0.1, 0.15) is 0 Å². The van der Waals surface area contributed by atoms with Crippen LogP contribution in [-0.2, 0) is 4.12 Å². The quantitative estimate of drug-likeness (QED) is 0.245. The fourth-order valence-corrected chi connectivity index (χ4v) is 4.10. The zero-order valence-corrected chi connectivity index (χ0v) is 9.29. The minimum Gasteiger partial charge on any atom is -0.390 e. The standard InChI is InChI=1S/C2H10O5S2Si2/c3-10(4,1-8)7-11(5,6)2-9/h3-6,8-9H,1-2H2. The van der Waals surface area contributed by atoms with Crippen molar-refractivity contribution in [3.8, 4) is 0 Å². The van der Waals surface area contributed by atoms with Gasteiger partial charge in [-0.25, -0.2) is 0 Å². The molecule has 0 heterocycles. The number of hydrogen-bond donors (Lipinski definition) is 6. The Balaban J connectivity index is 4.02. The minimum atomic E-state index is -3.96. The zero-order chi connectivity index (χ0) is 9.12. The molecule has 5 nitrogen and oxygen atoms in total. The van der Waals surface area contributed by atoms with E-state index in [1.54, 1.807) is 0 Å². The summed E-state index contributed by atoms with van der Waals surface area (Å²) in [5.41, 5.74) is 0. The van der Waals surface area contributed by atoms with Crippen LogP contribution in [0.3, 0.4) is 0 Å². The van der Waals surface area contributed by atoms with Crippen LogP contribution in [-0.4, -0.2) is 47.5 Å². The maximum Gasteiger partial charge on any atom is 0.498 e. The summed E-state index contributed by atoms with van der Waals surface area (Å²) in [6, 6.07) is 0. The molecule has 0 aliphatic rings. The monoisotopic (exact) mass is 234 g/mol. The van der Waals surface area contributed by atoms with E-state index in [1.165, 1.54) is 0 Å². The van der Waals surface area contributed by atoms with Gasteiger partial charge in [-0.05, 0) is 0 Å². The first-order chi connectivity index (χ1) is 4.83.